The molecule has 0 aliphatic heterocycles. The van der Waals surface area contributed by atoms with E-state index in [1.807, 2.05) is 0 Å². The quantitative estimate of drug-likeness (QED) is 0.738. The number of aromatic nitrogens is 3. The number of ether oxygens (including phenoxy) is 1. The molecule has 7 nitrogen and oxygen atoms in total. The number of anilines is 1. The maximum Gasteiger partial charge on any atom is 0.233 e. The Morgan fingerprint density at radius 2 is 1.96 bits per heavy atom. The van der Waals surface area contributed by atoms with Crippen LogP contribution < -0.4 is 10.5 Å². The molecule has 24 heavy (non-hydrogen) atoms. The molecule has 1 aromatic carbocycles. The number of rotatable bonds is 5. The first-order valence-corrected chi connectivity index (χ1v) is 9.05. The molecule has 0 atom stereocenters. The predicted octanol–water partition coefficient (Wildman–Crippen LogP) is 2.42. The summed E-state index contributed by atoms with van der Waals surface area (Å²) < 4.78 is 46.8. The number of pyridine rings is 1. The third kappa shape index (κ3) is 3.66. The highest BCUT2D eigenvalue weighted by Crippen LogP contribution is 2.25. The molecule has 0 unspecified atom stereocenters. The fourth-order valence-electron chi connectivity index (χ4n) is 1.85. The Hall–Kier alpha value is -2.59. The van der Waals surface area contributed by atoms with Crippen molar-refractivity contribution in [1.82, 2.24) is 14.3 Å². The Morgan fingerprint density at radius 3 is 2.58 bits per heavy atom. The van der Waals surface area contributed by atoms with Crippen LogP contribution in [-0.4, -0.2) is 22.8 Å². The van der Waals surface area contributed by atoms with Crippen LogP contribution in [0.3, 0.4) is 0 Å². The second kappa shape index (κ2) is 6.49. The standard InChI is InChI=1S/C14H11FN4O3S2/c15-11-5-6-17-7-12(11)22-10-3-1-9(2-4-10)8-24(20,21)14-18-13(16)19-23-14/h1-7H,8H2,(H2,16,19). The van der Waals surface area contributed by atoms with Crippen molar-refractivity contribution in [3.05, 3.63) is 54.1 Å². The lowest BCUT2D eigenvalue weighted by molar-refractivity contribution is 0.439. The average Bonchev–Trinajstić information content (AvgIpc) is 2.99. The molecule has 124 valence electrons. The van der Waals surface area contributed by atoms with Gasteiger partial charge in [-0.15, -0.1) is 0 Å². The Balaban J connectivity index is 1.74. The van der Waals surface area contributed by atoms with Gasteiger partial charge in [0.25, 0.3) is 0 Å². The maximum atomic E-state index is 13.5. The van der Waals surface area contributed by atoms with Crippen LogP contribution in [0.25, 0.3) is 0 Å². The monoisotopic (exact) mass is 366 g/mol. The normalized spacial score (nSPS) is 11.4. The molecule has 10 heteroatoms. The lowest BCUT2D eigenvalue weighted by Crippen LogP contribution is -2.05. The Bertz CT molecular complexity index is 958. The van der Waals surface area contributed by atoms with Crippen LogP contribution in [0.15, 0.2) is 47.1 Å². The van der Waals surface area contributed by atoms with Gasteiger partial charge in [-0.25, -0.2) is 12.8 Å². The first-order valence-electron chi connectivity index (χ1n) is 6.62. The van der Waals surface area contributed by atoms with Crippen LogP contribution in [0, 0.1) is 5.82 Å². The van der Waals surface area contributed by atoms with Gasteiger partial charge in [0.2, 0.25) is 20.1 Å². The number of nitrogens with two attached hydrogens (primary N) is 1. The molecule has 0 aliphatic carbocycles. The first-order chi connectivity index (χ1) is 11.4. The van der Waals surface area contributed by atoms with Crippen molar-refractivity contribution in [1.29, 1.82) is 0 Å². The molecule has 0 spiro atoms. The number of hydrogen-bond acceptors (Lipinski definition) is 8. The van der Waals surface area contributed by atoms with Gasteiger partial charge in [-0.2, -0.15) is 9.36 Å². The number of halogens is 1. The lowest BCUT2D eigenvalue weighted by Gasteiger charge is -2.07. The minimum absolute atomic E-state index is 0.0118. The third-order valence-electron chi connectivity index (χ3n) is 2.93. The molecule has 0 bridgehead atoms. The topological polar surface area (TPSA) is 108 Å². The Labute approximate surface area is 141 Å². The molecule has 0 amide bonds. The number of benzene rings is 1. The van der Waals surface area contributed by atoms with E-state index in [4.69, 9.17) is 10.5 Å². The molecule has 2 heterocycles. The fraction of sp³-hybridized carbons (Fsp3) is 0.0714. The predicted molar refractivity (Wildman–Crippen MR) is 85.9 cm³/mol. The van der Waals surface area contributed by atoms with E-state index < -0.39 is 15.7 Å². The largest absolute Gasteiger partial charge is 0.453 e. The summed E-state index contributed by atoms with van der Waals surface area (Å²) in [4.78, 5) is 7.46. The van der Waals surface area contributed by atoms with E-state index in [2.05, 4.69) is 14.3 Å². The van der Waals surface area contributed by atoms with Gasteiger partial charge in [0.05, 0.1) is 11.9 Å². The summed E-state index contributed by atoms with van der Waals surface area (Å²) >= 11 is 0.735. The van der Waals surface area contributed by atoms with Crippen molar-refractivity contribution in [2.24, 2.45) is 0 Å². The van der Waals surface area contributed by atoms with Gasteiger partial charge >= 0.3 is 0 Å². The van der Waals surface area contributed by atoms with Crippen LogP contribution in [0.2, 0.25) is 0 Å². The molecule has 0 radical (unpaired) electrons. The van der Waals surface area contributed by atoms with Crippen LogP contribution in [0.5, 0.6) is 11.5 Å². The molecule has 0 saturated heterocycles. The van der Waals surface area contributed by atoms with Crippen molar-refractivity contribution in [2.45, 2.75) is 10.1 Å². The van der Waals surface area contributed by atoms with Gasteiger partial charge < -0.3 is 10.5 Å². The van der Waals surface area contributed by atoms with Crippen molar-refractivity contribution in [3.63, 3.8) is 0 Å². The SMILES string of the molecule is Nc1nsc(S(=O)(=O)Cc2ccc(Oc3cnccc3F)cc2)n1. The number of hydrogen-bond donors (Lipinski definition) is 1. The first kappa shape index (κ1) is 16.3. The van der Waals surface area contributed by atoms with Crippen molar-refractivity contribution in [2.75, 3.05) is 5.73 Å². The smallest absolute Gasteiger partial charge is 0.233 e. The zero-order valence-electron chi connectivity index (χ0n) is 12.1. The van der Waals surface area contributed by atoms with Crippen molar-refractivity contribution in [3.8, 4) is 11.5 Å². The van der Waals surface area contributed by atoms with Crippen LogP contribution >= 0.6 is 11.5 Å². The second-order valence-corrected chi connectivity index (χ2v) is 7.64. The van der Waals surface area contributed by atoms with Crippen molar-refractivity contribution < 1.29 is 17.5 Å². The summed E-state index contributed by atoms with van der Waals surface area (Å²) in [5.74, 6) is -0.500. The highest BCUT2D eigenvalue weighted by molar-refractivity contribution is 7.92. The Kier molecular flexibility index (Phi) is 4.40. The van der Waals surface area contributed by atoms with Gasteiger partial charge in [0, 0.05) is 17.7 Å². The fourth-order valence-corrected chi connectivity index (χ4v) is 3.92. The van der Waals surface area contributed by atoms with E-state index in [9.17, 15) is 12.8 Å². The second-order valence-electron chi connectivity index (χ2n) is 4.73. The van der Waals surface area contributed by atoms with E-state index in [1.165, 1.54) is 18.5 Å². The van der Waals surface area contributed by atoms with E-state index in [0.29, 0.717) is 11.3 Å². The van der Waals surface area contributed by atoms with Gasteiger partial charge in [0.15, 0.2) is 11.6 Å². The van der Waals surface area contributed by atoms with Crippen LogP contribution in [0.4, 0.5) is 10.3 Å². The number of nitrogens with zero attached hydrogens (tertiary/aromatic N) is 3. The van der Waals surface area contributed by atoms with Gasteiger partial charge in [-0.1, -0.05) is 12.1 Å². The molecule has 2 aromatic heterocycles. The van der Waals surface area contributed by atoms with E-state index in [1.54, 1.807) is 24.3 Å². The average molecular weight is 366 g/mol. The van der Waals surface area contributed by atoms with Gasteiger partial charge in [-0.05, 0) is 23.8 Å². The molecule has 0 saturated carbocycles. The summed E-state index contributed by atoms with van der Waals surface area (Å²) in [7, 11) is -3.62. The number of nitrogen functional groups attached to an aromatic ring is 1. The van der Waals surface area contributed by atoms with E-state index in [-0.39, 0.29) is 21.8 Å². The molecular formula is C14H11FN4O3S2. The molecule has 0 aliphatic rings. The third-order valence-corrected chi connectivity index (χ3v) is 5.78. The van der Waals surface area contributed by atoms with Crippen LogP contribution in [-0.2, 0) is 15.6 Å². The summed E-state index contributed by atoms with van der Waals surface area (Å²) in [6.45, 7) is 0. The van der Waals surface area contributed by atoms with Gasteiger partial charge in [-0.3, -0.25) is 4.98 Å². The minimum atomic E-state index is -3.62. The number of sulfone groups is 1. The Morgan fingerprint density at radius 1 is 1.21 bits per heavy atom. The maximum absolute atomic E-state index is 13.5. The summed E-state index contributed by atoms with van der Waals surface area (Å²) in [5, 5.41) is 0. The molecule has 0 fully saturated rings. The molecular weight excluding hydrogens is 355 g/mol. The highest BCUT2D eigenvalue weighted by atomic mass is 32.2. The minimum Gasteiger partial charge on any atom is -0.453 e. The zero-order valence-corrected chi connectivity index (χ0v) is 13.7. The summed E-state index contributed by atoms with van der Waals surface area (Å²) in [5.41, 5.74) is 5.88. The summed E-state index contributed by atoms with van der Waals surface area (Å²) in [6.07, 6.45) is 2.57. The molecule has 2 N–H and O–H groups in total. The zero-order chi connectivity index (χ0) is 17.2. The highest BCUT2D eigenvalue weighted by Gasteiger charge is 2.20. The van der Waals surface area contributed by atoms with E-state index in [0.717, 1.165) is 11.5 Å². The lowest BCUT2D eigenvalue weighted by atomic mass is 10.2. The molecule has 3 aromatic rings. The molecule has 3 rings (SSSR count). The van der Waals surface area contributed by atoms with E-state index >= 15 is 0 Å². The summed E-state index contributed by atoms with van der Waals surface area (Å²) in [6, 6.07) is 7.43. The van der Waals surface area contributed by atoms with Crippen LogP contribution in [0.1, 0.15) is 5.56 Å². The van der Waals surface area contributed by atoms with Gasteiger partial charge in [0.1, 0.15) is 5.75 Å². The van der Waals surface area contributed by atoms with Crippen molar-refractivity contribution >= 4 is 27.3 Å².